The van der Waals surface area contributed by atoms with Gasteiger partial charge in [0.25, 0.3) is 0 Å². The number of rotatable bonds is 3. The Hall–Kier alpha value is -0.580. The Balaban J connectivity index is 1.75. The topological polar surface area (TPSA) is 21.1 Å². The van der Waals surface area contributed by atoms with E-state index in [9.17, 15) is 0 Å². The van der Waals surface area contributed by atoms with Crippen molar-refractivity contribution in [1.29, 1.82) is 0 Å². The number of hydrogen-bond acceptors (Lipinski definition) is 2. The quantitative estimate of drug-likeness (QED) is 0.778. The standard InChI is InChI=1S/C15H17BrClN3/c16-10-1-4-13-14(7-10)20(15(8-17)18-13)12-5-6-19(9-12)11-2-3-11/h1,4,7,11-12H,2-3,5-6,8-9H2. The van der Waals surface area contributed by atoms with E-state index in [0.717, 1.165) is 28.4 Å². The lowest BCUT2D eigenvalue weighted by Gasteiger charge is -2.18. The molecule has 0 bridgehead atoms. The molecule has 4 rings (SSSR count). The Morgan fingerprint density at radius 3 is 2.85 bits per heavy atom. The summed E-state index contributed by atoms with van der Waals surface area (Å²) in [6.45, 7) is 2.36. The Morgan fingerprint density at radius 2 is 2.10 bits per heavy atom. The lowest BCUT2D eigenvalue weighted by Crippen LogP contribution is -2.24. The highest BCUT2D eigenvalue weighted by Crippen LogP contribution is 2.36. The molecule has 0 N–H and O–H groups in total. The van der Waals surface area contributed by atoms with Crippen molar-refractivity contribution in [2.24, 2.45) is 0 Å². The minimum atomic E-state index is 0.478. The second-order valence-electron chi connectivity index (χ2n) is 5.83. The zero-order valence-corrected chi connectivity index (χ0v) is 13.6. The number of imidazole rings is 1. The van der Waals surface area contributed by atoms with Crippen LogP contribution in [0.4, 0.5) is 0 Å². The Kier molecular flexibility index (Phi) is 3.28. The molecule has 1 aromatic heterocycles. The van der Waals surface area contributed by atoms with Gasteiger partial charge in [-0.1, -0.05) is 15.9 Å². The predicted molar refractivity (Wildman–Crippen MR) is 85.2 cm³/mol. The molecule has 3 nitrogen and oxygen atoms in total. The largest absolute Gasteiger partial charge is 0.322 e. The number of fused-ring (bicyclic) bond motifs is 1. The maximum absolute atomic E-state index is 6.12. The Morgan fingerprint density at radius 1 is 1.25 bits per heavy atom. The third-order valence-corrected chi connectivity index (χ3v) is 5.20. The van der Waals surface area contributed by atoms with Gasteiger partial charge < -0.3 is 4.57 Å². The molecule has 2 fully saturated rings. The highest BCUT2D eigenvalue weighted by molar-refractivity contribution is 9.10. The zero-order chi connectivity index (χ0) is 13.7. The summed E-state index contributed by atoms with van der Waals surface area (Å²) in [5.41, 5.74) is 2.26. The van der Waals surface area contributed by atoms with Crippen LogP contribution >= 0.6 is 27.5 Å². The molecule has 1 aliphatic carbocycles. The van der Waals surface area contributed by atoms with Crippen LogP contribution in [-0.4, -0.2) is 33.6 Å². The molecule has 1 saturated carbocycles. The van der Waals surface area contributed by atoms with E-state index in [0.29, 0.717) is 11.9 Å². The molecule has 1 atom stereocenters. The highest BCUT2D eigenvalue weighted by atomic mass is 79.9. The van der Waals surface area contributed by atoms with Crippen LogP contribution in [-0.2, 0) is 5.88 Å². The smallest absolute Gasteiger partial charge is 0.125 e. The van der Waals surface area contributed by atoms with Gasteiger partial charge in [-0.25, -0.2) is 4.98 Å². The van der Waals surface area contributed by atoms with E-state index in [-0.39, 0.29) is 0 Å². The predicted octanol–water partition coefficient (Wildman–Crippen LogP) is 3.95. The first-order valence-electron chi connectivity index (χ1n) is 7.22. The first kappa shape index (κ1) is 13.1. The maximum atomic E-state index is 6.12. The molecule has 2 heterocycles. The van der Waals surface area contributed by atoms with Crippen molar-refractivity contribution >= 4 is 38.6 Å². The van der Waals surface area contributed by atoms with Gasteiger partial charge in [-0.3, -0.25) is 4.90 Å². The van der Waals surface area contributed by atoms with E-state index in [1.165, 1.54) is 31.3 Å². The third-order valence-electron chi connectivity index (χ3n) is 4.47. The van der Waals surface area contributed by atoms with E-state index in [1.807, 2.05) is 6.07 Å². The zero-order valence-electron chi connectivity index (χ0n) is 11.2. The van der Waals surface area contributed by atoms with Crippen molar-refractivity contribution in [1.82, 2.24) is 14.5 Å². The van der Waals surface area contributed by atoms with Crippen LogP contribution in [0.15, 0.2) is 22.7 Å². The second kappa shape index (κ2) is 5.00. The van der Waals surface area contributed by atoms with Gasteiger partial charge in [-0.2, -0.15) is 0 Å². The fraction of sp³-hybridized carbons (Fsp3) is 0.533. The summed E-state index contributed by atoms with van der Waals surface area (Å²) in [4.78, 5) is 7.33. The number of alkyl halides is 1. The summed E-state index contributed by atoms with van der Waals surface area (Å²) in [6.07, 6.45) is 3.97. The van der Waals surface area contributed by atoms with Crippen LogP contribution in [0, 0.1) is 0 Å². The van der Waals surface area contributed by atoms with Gasteiger partial charge in [0.1, 0.15) is 5.82 Å². The summed E-state index contributed by atoms with van der Waals surface area (Å²) in [5.74, 6) is 1.48. The molecule has 20 heavy (non-hydrogen) atoms. The van der Waals surface area contributed by atoms with E-state index in [2.05, 4.69) is 37.5 Å². The number of nitrogens with zero attached hydrogens (tertiary/aromatic N) is 3. The van der Waals surface area contributed by atoms with Crippen LogP contribution in [0.25, 0.3) is 11.0 Å². The van der Waals surface area contributed by atoms with Crippen LogP contribution in [0.5, 0.6) is 0 Å². The second-order valence-corrected chi connectivity index (χ2v) is 7.02. The summed E-state index contributed by atoms with van der Waals surface area (Å²) < 4.78 is 3.47. The average Bonchev–Trinajstić information content (AvgIpc) is 3.07. The number of aromatic nitrogens is 2. The van der Waals surface area contributed by atoms with E-state index >= 15 is 0 Å². The van der Waals surface area contributed by atoms with Crippen molar-refractivity contribution in [3.05, 3.63) is 28.5 Å². The lowest BCUT2D eigenvalue weighted by atomic mass is 10.2. The SMILES string of the molecule is ClCc1nc2ccc(Br)cc2n1C1CCN(C2CC2)C1. The van der Waals surface area contributed by atoms with Gasteiger partial charge in [0.05, 0.1) is 16.9 Å². The van der Waals surface area contributed by atoms with E-state index in [4.69, 9.17) is 16.6 Å². The molecule has 1 saturated heterocycles. The molecule has 1 aromatic carbocycles. The van der Waals surface area contributed by atoms with Gasteiger partial charge >= 0.3 is 0 Å². The van der Waals surface area contributed by atoms with Crippen molar-refractivity contribution in [2.45, 2.75) is 37.2 Å². The monoisotopic (exact) mass is 353 g/mol. The molecule has 1 aliphatic heterocycles. The Labute approximate surface area is 132 Å². The Bertz CT molecular complexity index is 650. The number of benzene rings is 1. The van der Waals surface area contributed by atoms with Gasteiger partial charge in [0.2, 0.25) is 0 Å². The van der Waals surface area contributed by atoms with Crippen molar-refractivity contribution in [3.8, 4) is 0 Å². The van der Waals surface area contributed by atoms with E-state index in [1.54, 1.807) is 0 Å². The summed E-state index contributed by atoms with van der Waals surface area (Å²) >= 11 is 9.69. The molecule has 0 radical (unpaired) electrons. The molecular formula is C15H17BrClN3. The first-order valence-corrected chi connectivity index (χ1v) is 8.55. The number of hydrogen-bond donors (Lipinski definition) is 0. The molecule has 106 valence electrons. The van der Waals surface area contributed by atoms with Gasteiger partial charge in [0.15, 0.2) is 0 Å². The van der Waals surface area contributed by atoms with Crippen LogP contribution < -0.4 is 0 Å². The van der Waals surface area contributed by atoms with Crippen LogP contribution in [0.2, 0.25) is 0 Å². The summed E-state index contributed by atoms with van der Waals surface area (Å²) in [7, 11) is 0. The minimum Gasteiger partial charge on any atom is -0.322 e. The van der Waals surface area contributed by atoms with Crippen molar-refractivity contribution in [2.75, 3.05) is 13.1 Å². The van der Waals surface area contributed by atoms with Crippen LogP contribution in [0.1, 0.15) is 31.1 Å². The molecule has 5 heteroatoms. The molecule has 0 amide bonds. The average molecular weight is 355 g/mol. The molecule has 1 unspecified atom stereocenters. The van der Waals surface area contributed by atoms with Crippen molar-refractivity contribution in [3.63, 3.8) is 0 Å². The maximum Gasteiger partial charge on any atom is 0.125 e. The fourth-order valence-electron chi connectivity index (χ4n) is 3.37. The van der Waals surface area contributed by atoms with E-state index < -0.39 is 0 Å². The minimum absolute atomic E-state index is 0.478. The fourth-order valence-corrected chi connectivity index (χ4v) is 3.91. The van der Waals surface area contributed by atoms with Gasteiger partial charge in [-0.05, 0) is 37.5 Å². The highest BCUT2D eigenvalue weighted by Gasteiger charge is 2.35. The molecule has 2 aliphatic rings. The number of halogens is 2. The first-order chi connectivity index (χ1) is 9.76. The van der Waals surface area contributed by atoms with Gasteiger partial charge in [-0.15, -0.1) is 11.6 Å². The molecule has 2 aromatic rings. The molecular weight excluding hydrogens is 338 g/mol. The third kappa shape index (κ3) is 2.18. The number of likely N-dealkylation sites (tertiary alicyclic amines) is 1. The summed E-state index contributed by atoms with van der Waals surface area (Å²) in [5, 5.41) is 0. The lowest BCUT2D eigenvalue weighted by molar-refractivity contribution is 0.314. The van der Waals surface area contributed by atoms with Gasteiger partial charge in [0, 0.05) is 29.6 Å². The normalized spacial score (nSPS) is 23.8. The summed E-state index contributed by atoms with van der Waals surface area (Å²) in [6, 6.07) is 7.64. The van der Waals surface area contributed by atoms with Crippen molar-refractivity contribution < 1.29 is 0 Å². The van der Waals surface area contributed by atoms with Crippen LogP contribution in [0.3, 0.4) is 0 Å². The molecule has 0 spiro atoms.